The first-order valence-electron chi connectivity index (χ1n) is 8.97. The van der Waals surface area contributed by atoms with E-state index in [9.17, 15) is 0 Å². The summed E-state index contributed by atoms with van der Waals surface area (Å²) in [5, 5.41) is 6.94. The van der Waals surface area contributed by atoms with Gasteiger partial charge in [0.1, 0.15) is 5.82 Å². The van der Waals surface area contributed by atoms with Crippen molar-refractivity contribution in [3.8, 4) is 0 Å². The Morgan fingerprint density at radius 1 is 0.917 bits per heavy atom. The van der Waals surface area contributed by atoms with Gasteiger partial charge in [-0.2, -0.15) is 4.98 Å². The molecule has 2 N–H and O–H groups in total. The molecule has 4 rings (SSSR count). The molecule has 1 aromatic heterocycles. The number of rotatable bonds is 6. The van der Waals surface area contributed by atoms with Crippen LogP contribution in [0.3, 0.4) is 0 Å². The maximum atomic E-state index is 4.59. The van der Waals surface area contributed by atoms with Gasteiger partial charge in [-0.25, -0.2) is 4.98 Å². The maximum Gasteiger partial charge on any atom is 0.224 e. The maximum absolute atomic E-state index is 4.59. The summed E-state index contributed by atoms with van der Waals surface area (Å²) in [5.41, 5.74) is 1.39. The Morgan fingerprint density at radius 2 is 1.67 bits per heavy atom. The first-order chi connectivity index (χ1) is 11.8. The summed E-state index contributed by atoms with van der Waals surface area (Å²) < 4.78 is 0. The van der Waals surface area contributed by atoms with E-state index in [4.69, 9.17) is 0 Å². The number of aromatic nitrogens is 2. The zero-order valence-corrected chi connectivity index (χ0v) is 14.0. The number of hydrogen-bond donors (Lipinski definition) is 2. The molecular weight excluding hydrogens is 298 g/mol. The van der Waals surface area contributed by atoms with E-state index in [0.717, 1.165) is 44.2 Å². The van der Waals surface area contributed by atoms with E-state index in [1.54, 1.807) is 0 Å². The molecule has 2 heterocycles. The molecule has 1 saturated carbocycles. The normalized spacial score (nSPS) is 19.2. The molecular formula is C19H25N5. The van der Waals surface area contributed by atoms with Gasteiger partial charge in [0, 0.05) is 37.9 Å². The van der Waals surface area contributed by atoms with Crippen LogP contribution in [0.25, 0.3) is 0 Å². The average Bonchev–Trinajstić information content (AvgIpc) is 3.42. The number of hydrogen-bond acceptors (Lipinski definition) is 5. The molecule has 0 radical (unpaired) electrons. The molecule has 2 aromatic rings. The Balaban J connectivity index is 1.27. The molecule has 2 fully saturated rings. The van der Waals surface area contributed by atoms with Crippen LogP contribution in [-0.2, 0) is 6.54 Å². The highest BCUT2D eigenvalue weighted by Gasteiger charge is 2.22. The number of benzene rings is 1. The lowest BCUT2D eigenvalue weighted by atomic mass is 10.0. The zero-order chi connectivity index (χ0) is 16.2. The predicted octanol–water partition coefficient (Wildman–Crippen LogP) is 3.13. The Labute approximate surface area is 143 Å². The van der Waals surface area contributed by atoms with Gasteiger partial charge in [0.2, 0.25) is 5.95 Å². The summed E-state index contributed by atoms with van der Waals surface area (Å²) in [7, 11) is 0. The second kappa shape index (κ2) is 7.18. The Bertz CT molecular complexity index is 648. The van der Waals surface area contributed by atoms with Gasteiger partial charge in [0.05, 0.1) is 0 Å². The van der Waals surface area contributed by atoms with Crippen molar-refractivity contribution < 1.29 is 0 Å². The van der Waals surface area contributed by atoms with Crippen molar-refractivity contribution in [3.63, 3.8) is 0 Å². The molecule has 1 aromatic carbocycles. The van der Waals surface area contributed by atoms with Crippen molar-refractivity contribution >= 4 is 11.8 Å². The lowest BCUT2D eigenvalue weighted by Gasteiger charge is -2.32. The SMILES string of the molecule is c1ccc(CN2CCC(Nc3nccc(NC4CC4)n3)CC2)cc1. The van der Waals surface area contributed by atoms with Crippen molar-refractivity contribution in [2.24, 2.45) is 0 Å². The van der Waals surface area contributed by atoms with E-state index < -0.39 is 0 Å². The first-order valence-corrected chi connectivity index (χ1v) is 8.97. The van der Waals surface area contributed by atoms with Crippen LogP contribution in [0.4, 0.5) is 11.8 Å². The Morgan fingerprint density at radius 3 is 2.42 bits per heavy atom. The lowest BCUT2D eigenvalue weighted by molar-refractivity contribution is 0.211. The van der Waals surface area contributed by atoms with E-state index in [-0.39, 0.29) is 0 Å². The highest BCUT2D eigenvalue weighted by molar-refractivity contribution is 5.41. The molecule has 0 bridgehead atoms. The third-order valence-corrected chi connectivity index (χ3v) is 4.75. The molecule has 0 atom stereocenters. The molecule has 0 spiro atoms. The van der Waals surface area contributed by atoms with Gasteiger partial charge < -0.3 is 10.6 Å². The largest absolute Gasteiger partial charge is 0.367 e. The van der Waals surface area contributed by atoms with Crippen molar-refractivity contribution in [2.45, 2.75) is 44.3 Å². The van der Waals surface area contributed by atoms with Crippen LogP contribution in [0.15, 0.2) is 42.6 Å². The molecule has 1 saturated heterocycles. The molecule has 1 aliphatic carbocycles. The monoisotopic (exact) mass is 323 g/mol. The summed E-state index contributed by atoms with van der Waals surface area (Å²) in [6.45, 7) is 3.28. The summed E-state index contributed by atoms with van der Waals surface area (Å²) in [5.74, 6) is 1.69. The van der Waals surface area contributed by atoms with Gasteiger partial charge in [-0.15, -0.1) is 0 Å². The van der Waals surface area contributed by atoms with Crippen molar-refractivity contribution in [2.75, 3.05) is 23.7 Å². The zero-order valence-electron chi connectivity index (χ0n) is 14.0. The van der Waals surface area contributed by atoms with Crippen molar-refractivity contribution in [1.82, 2.24) is 14.9 Å². The number of anilines is 2. The van der Waals surface area contributed by atoms with Crippen molar-refractivity contribution in [3.05, 3.63) is 48.2 Å². The molecule has 126 valence electrons. The predicted molar refractivity (Wildman–Crippen MR) is 97.0 cm³/mol. The third kappa shape index (κ3) is 4.23. The van der Waals surface area contributed by atoms with Crippen LogP contribution in [0.1, 0.15) is 31.2 Å². The highest BCUT2D eigenvalue weighted by Crippen LogP contribution is 2.24. The number of piperidine rings is 1. The topological polar surface area (TPSA) is 53.1 Å². The van der Waals surface area contributed by atoms with E-state index in [1.165, 1.54) is 18.4 Å². The summed E-state index contributed by atoms with van der Waals surface area (Å²) in [6, 6.07) is 13.8. The van der Waals surface area contributed by atoms with Gasteiger partial charge in [0.25, 0.3) is 0 Å². The van der Waals surface area contributed by atoms with Crippen LogP contribution in [0, 0.1) is 0 Å². The van der Waals surface area contributed by atoms with Gasteiger partial charge in [-0.05, 0) is 37.3 Å². The molecule has 5 nitrogen and oxygen atoms in total. The number of nitrogens with one attached hydrogen (secondary N) is 2. The summed E-state index contributed by atoms with van der Waals surface area (Å²) >= 11 is 0. The van der Waals surface area contributed by atoms with Crippen LogP contribution in [0.5, 0.6) is 0 Å². The standard InChI is InChI=1S/C19H25N5/c1-2-4-15(5-3-1)14-24-12-9-17(10-13-24)22-19-20-11-8-18(23-19)21-16-6-7-16/h1-5,8,11,16-17H,6-7,9-10,12-14H2,(H2,20,21,22,23). The van der Waals surface area contributed by atoms with E-state index in [1.807, 2.05) is 12.3 Å². The fourth-order valence-corrected chi connectivity index (χ4v) is 3.21. The lowest BCUT2D eigenvalue weighted by Crippen LogP contribution is -2.39. The molecule has 24 heavy (non-hydrogen) atoms. The summed E-state index contributed by atoms with van der Waals surface area (Å²) in [6.07, 6.45) is 6.62. The Kier molecular flexibility index (Phi) is 4.60. The minimum atomic E-state index is 0.466. The van der Waals surface area contributed by atoms with E-state index in [2.05, 4.69) is 55.8 Å². The average molecular weight is 323 g/mol. The minimum Gasteiger partial charge on any atom is -0.367 e. The number of likely N-dealkylation sites (tertiary alicyclic amines) is 1. The van der Waals surface area contributed by atoms with Crippen LogP contribution < -0.4 is 10.6 Å². The molecule has 2 aliphatic rings. The van der Waals surface area contributed by atoms with Crippen molar-refractivity contribution in [1.29, 1.82) is 0 Å². The fraction of sp³-hybridized carbons (Fsp3) is 0.474. The van der Waals surface area contributed by atoms with Gasteiger partial charge in [-0.3, -0.25) is 4.90 Å². The van der Waals surface area contributed by atoms with Gasteiger partial charge in [0.15, 0.2) is 0 Å². The first kappa shape index (κ1) is 15.4. The van der Waals surface area contributed by atoms with Crippen LogP contribution in [0.2, 0.25) is 0 Å². The summed E-state index contributed by atoms with van der Waals surface area (Å²) in [4.78, 5) is 11.5. The van der Waals surface area contributed by atoms with Gasteiger partial charge in [-0.1, -0.05) is 30.3 Å². The van der Waals surface area contributed by atoms with Gasteiger partial charge >= 0.3 is 0 Å². The second-order valence-electron chi connectivity index (χ2n) is 6.86. The molecule has 0 unspecified atom stereocenters. The molecule has 1 aliphatic heterocycles. The van der Waals surface area contributed by atoms with Crippen LogP contribution >= 0.6 is 0 Å². The third-order valence-electron chi connectivity index (χ3n) is 4.75. The van der Waals surface area contributed by atoms with E-state index >= 15 is 0 Å². The van der Waals surface area contributed by atoms with Crippen LogP contribution in [-0.4, -0.2) is 40.0 Å². The second-order valence-corrected chi connectivity index (χ2v) is 6.86. The quantitative estimate of drug-likeness (QED) is 0.855. The smallest absolute Gasteiger partial charge is 0.224 e. The van der Waals surface area contributed by atoms with E-state index in [0.29, 0.717) is 12.1 Å². The fourth-order valence-electron chi connectivity index (χ4n) is 3.21. The number of nitrogens with zero attached hydrogens (tertiary/aromatic N) is 3. The minimum absolute atomic E-state index is 0.466. The molecule has 5 heteroatoms. The highest BCUT2D eigenvalue weighted by atomic mass is 15.2. The molecule has 0 amide bonds. The Hall–Kier alpha value is -2.14.